The Bertz CT molecular complexity index is 215. The van der Waals surface area contributed by atoms with E-state index in [2.05, 4.69) is 11.9 Å². The fourth-order valence-corrected chi connectivity index (χ4v) is 1.62. The Morgan fingerprint density at radius 3 is 2.50 bits per heavy atom. The van der Waals surface area contributed by atoms with E-state index in [0.29, 0.717) is 6.42 Å². The van der Waals surface area contributed by atoms with Crippen molar-refractivity contribution in [2.75, 3.05) is 6.54 Å². The van der Waals surface area contributed by atoms with Crippen molar-refractivity contribution >= 4 is 5.91 Å². The van der Waals surface area contributed by atoms with Crippen molar-refractivity contribution < 1.29 is 9.90 Å². The molecule has 0 spiro atoms. The van der Waals surface area contributed by atoms with Crippen LogP contribution in [-0.2, 0) is 4.79 Å². The van der Waals surface area contributed by atoms with E-state index in [9.17, 15) is 9.90 Å². The van der Waals surface area contributed by atoms with Crippen molar-refractivity contribution in [3.63, 3.8) is 0 Å². The quantitative estimate of drug-likeness (QED) is 0.538. The lowest BCUT2D eigenvalue weighted by molar-refractivity contribution is -0.122. The van der Waals surface area contributed by atoms with Crippen LogP contribution < -0.4 is 11.1 Å². The fraction of sp³-hybridized carbons (Fsp3) is 0.750. The van der Waals surface area contributed by atoms with Crippen molar-refractivity contribution in [1.29, 1.82) is 0 Å². The van der Waals surface area contributed by atoms with Crippen LogP contribution in [-0.4, -0.2) is 29.7 Å². The SMILES string of the molecule is C=CCC(N)C(=O)NCC(O)C(CC)CC. The molecule has 0 aromatic carbocycles. The monoisotopic (exact) mass is 228 g/mol. The minimum absolute atomic E-state index is 0.232. The van der Waals surface area contributed by atoms with Crippen molar-refractivity contribution in [3.05, 3.63) is 12.7 Å². The van der Waals surface area contributed by atoms with Gasteiger partial charge in [0.1, 0.15) is 0 Å². The van der Waals surface area contributed by atoms with Crippen molar-refractivity contribution in [2.45, 2.75) is 45.3 Å². The van der Waals surface area contributed by atoms with E-state index >= 15 is 0 Å². The molecule has 0 rings (SSSR count). The second-order valence-corrected chi connectivity index (χ2v) is 4.02. The average Bonchev–Trinajstić information content (AvgIpc) is 2.27. The Hall–Kier alpha value is -0.870. The number of hydrogen-bond acceptors (Lipinski definition) is 3. The average molecular weight is 228 g/mol. The zero-order valence-corrected chi connectivity index (χ0v) is 10.3. The maximum atomic E-state index is 11.4. The molecule has 4 heteroatoms. The molecule has 4 nitrogen and oxygen atoms in total. The van der Waals surface area contributed by atoms with Crippen LogP contribution in [0.2, 0.25) is 0 Å². The molecule has 0 aromatic heterocycles. The van der Waals surface area contributed by atoms with E-state index in [1.54, 1.807) is 6.08 Å². The Kier molecular flexibility index (Phi) is 7.85. The highest BCUT2D eigenvalue weighted by Gasteiger charge is 2.18. The third-order valence-electron chi connectivity index (χ3n) is 2.84. The second kappa shape index (κ2) is 8.30. The molecule has 0 saturated heterocycles. The molecule has 0 aliphatic carbocycles. The zero-order chi connectivity index (χ0) is 12.6. The summed E-state index contributed by atoms with van der Waals surface area (Å²) < 4.78 is 0. The molecule has 2 unspecified atom stereocenters. The molecule has 0 heterocycles. The summed E-state index contributed by atoms with van der Waals surface area (Å²) >= 11 is 0. The first-order valence-electron chi connectivity index (χ1n) is 5.88. The van der Waals surface area contributed by atoms with Crippen molar-refractivity contribution in [1.82, 2.24) is 5.32 Å². The molecule has 0 aliphatic heterocycles. The number of aliphatic hydroxyl groups excluding tert-OH is 1. The molecule has 0 aromatic rings. The number of amides is 1. The second-order valence-electron chi connectivity index (χ2n) is 4.02. The Morgan fingerprint density at radius 2 is 2.06 bits per heavy atom. The lowest BCUT2D eigenvalue weighted by Crippen LogP contribution is -2.44. The molecule has 0 bridgehead atoms. The Balaban J connectivity index is 3.94. The summed E-state index contributed by atoms with van der Waals surface area (Å²) in [5.74, 6) is 0.000773. The van der Waals surface area contributed by atoms with E-state index in [4.69, 9.17) is 5.73 Å². The molecule has 2 atom stereocenters. The molecular weight excluding hydrogens is 204 g/mol. The van der Waals surface area contributed by atoms with E-state index in [0.717, 1.165) is 12.8 Å². The van der Waals surface area contributed by atoms with Crippen LogP contribution in [0.1, 0.15) is 33.1 Å². The molecule has 1 amide bonds. The van der Waals surface area contributed by atoms with Crippen molar-refractivity contribution in [2.24, 2.45) is 11.7 Å². The van der Waals surface area contributed by atoms with Gasteiger partial charge < -0.3 is 16.2 Å². The zero-order valence-electron chi connectivity index (χ0n) is 10.3. The predicted octanol–water partition coefficient (Wildman–Crippen LogP) is 0.803. The maximum Gasteiger partial charge on any atom is 0.237 e. The van der Waals surface area contributed by atoms with Gasteiger partial charge in [0.15, 0.2) is 0 Å². The standard InChI is InChI=1S/C12H24N2O2/c1-4-7-10(13)12(16)14-8-11(15)9(5-2)6-3/h4,9-11,15H,1,5-8,13H2,2-3H3,(H,14,16). The highest BCUT2D eigenvalue weighted by atomic mass is 16.3. The summed E-state index contributed by atoms with van der Waals surface area (Å²) in [6, 6.07) is -0.564. The number of nitrogens with two attached hydrogens (primary N) is 1. The largest absolute Gasteiger partial charge is 0.391 e. The van der Waals surface area contributed by atoms with Crippen LogP contribution in [0.3, 0.4) is 0 Å². The molecule has 0 fully saturated rings. The predicted molar refractivity (Wildman–Crippen MR) is 65.9 cm³/mol. The summed E-state index contributed by atoms with van der Waals surface area (Å²) in [6.07, 6.45) is 3.39. The highest BCUT2D eigenvalue weighted by Crippen LogP contribution is 2.12. The van der Waals surface area contributed by atoms with E-state index in [1.165, 1.54) is 0 Å². The van der Waals surface area contributed by atoms with Gasteiger partial charge in [0.05, 0.1) is 12.1 Å². The van der Waals surface area contributed by atoms with Gasteiger partial charge in [0, 0.05) is 6.54 Å². The third kappa shape index (κ3) is 5.28. The van der Waals surface area contributed by atoms with Gasteiger partial charge in [-0.1, -0.05) is 32.8 Å². The van der Waals surface area contributed by atoms with Crippen LogP contribution in [0, 0.1) is 5.92 Å². The minimum Gasteiger partial charge on any atom is -0.391 e. The van der Waals surface area contributed by atoms with E-state index in [1.807, 2.05) is 13.8 Å². The summed E-state index contributed by atoms with van der Waals surface area (Å²) in [6.45, 7) is 7.86. The van der Waals surface area contributed by atoms with Gasteiger partial charge in [-0.05, 0) is 12.3 Å². The number of nitrogens with one attached hydrogen (secondary N) is 1. The van der Waals surface area contributed by atoms with Gasteiger partial charge in [0.2, 0.25) is 5.91 Å². The minimum atomic E-state index is -0.564. The molecule has 4 N–H and O–H groups in total. The number of hydrogen-bond donors (Lipinski definition) is 3. The van der Waals surface area contributed by atoms with Crippen LogP contribution in [0.15, 0.2) is 12.7 Å². The van der Waals surface area contributed by atoms with E-state index < -0.39 is 12.1 Å². The van der Waals surface area contributed by atoms with Gasteiger partial charge in [0.25, 0.3) is 0 Å². The summed E-state index contributed by atoms with van der Waals surface area (Å²) in [7, 11) is 0. The van der Waals surface area contributed by atoms with E-state index in [-0.39, 0.29) is 18.4 Å². The highest BCUT2D eigenvalue weighted by molar-refractivity contribution is 5.81. The van der Waals surface area contributed by atoms with Crippen LogP contribution in [0.4, 0.5) is 0 Å². The summed E-state index contributed by atoms with van der Waals surface area (Å²) in [5.41, 5.74) is 5.59. The number of aliphatic hydroxyl groups is 1. The number of carbonyl (C=O) groups excluding carboxylic acids is 1. The smallest absolute Gasteiger partial charge is 0.237 e. The van der Waals surface area contributed by atoms with Crippen LogP contribution in [0.5, 0.6) is 0 Å². The fourth-order valence-electron chi connectivity index (χ4n) is 1.62. The van der Waals surface area contributed by atoms with Crippen molar-refractivity contribution in [3.8, 4) is 0 Å². The van der Waals surface area contributed by atoms with Gasteiger partial charge in [-0.2, -0.15) is 0 Å². The van der Waals surface area contributed by atoms with Gasteiger partial charge in [-0.15, -0.1) is 6.58 Å². The first-order valence-corrected chi connectivity index (χ1v) is 5.88. The van der Waals surface area contributed by atoms with Gasteiger partial charge in [-0.25, -0.2) is 0 Å². The molecular formula is C12H24N2O2. The summed E-state index contributed by atoms with van der Waals surface area (Å²) in [5, 5.41) is 12.4. The van der Waals surface area contributed by atoms with Gasteiger partial charge in [-0.3, -0.25) is 4.79 Å². The Morgan fingerprint density at radius 1 is 1.50 bits per heavy atom. The molecule has 16 heavy (non-hydrogen) atoms. The molecule has 0 radical (unpaired) electrons. The molecule has 0 aliphatic rings. The lowest BCUT2D eigenvalue weighted by Gasteiger charge is -2.21. The Labute approximate surface area is 97.9 Å². The maximum absolute atomic E-state index is 11.4. The van der Waals surface area contributed by atoms with Gasteiger partial charge >= 0.3 is 0 Å². The first kappa shape index (κ1) is 15.1. The number of rotatable bonds is 8. The number of carbonyl (C=O) groups is 1. The summed E-state index contributed by atoms with van der Waals surface area (Å²) in [4.78, 5) is 11.4. The topological polar surface area (TPSA) is 75.4 Å². The molecule has 94 valence electrons. The lowest BCUT2D eigenvalue weighted by atomic mass is 9.96. The van der Waals surface area contributed by atoms with Crippen LogP contribution in [0.25, 0.3) is 0 Å². The van der Waals surface area contributed by atoms with Crippen LogP contribution >= 0.6 is 0 Å². The normalized spacial score (nSPS) is 14.6. The third-order valence-corrected chi connectivity index (χ3v) is 2.84. The first-order chi connectivity index (χ1) is 7.56. The molecule has 0 saturated carbocycles.